The minimum atomic E-state index is -1.39. The zero-order chi connectivity index (χ0) is 6.15. The van der Waals surface area contributed by atoms with Gasteiger partial charge in [-0.15, -0.1) is 0 Å². The molecule has 1 saturated carbocycles. The van der Waals surface area contributed by atoms with Crippen LogP contribution in [0, 0.1) is 0 Å². The Hall–Kier alpha value is -0.800. The maximum absolute atomic E-state index is 11.8. The Bertz CT molecular complexity index is 117. The maximum atomic E-state index is 11.8. The summed E-state index contributed by atoms with van der Waals surface area (Å²) < 4.78 is 11.8. The van der Waals surface area contributed by atoms with Crippen molar-refractivity contribution in [2.45, 2.75) is 18.6 Å². The molecular weight excluding hydrogens is 113 g/mol. The fourth-order valence-electron chi connectivity index (χ4n) is 0.465. The summed E-state index contributed by atoms with van der Waals surface area (Å²) in [7, 11) is 0. The lowest BCUT2D eigenvalue weighted by molar-refractivity contribution is 0.167. The lowest BCUT2D eigenvalue weighted by Gasteiger charge is -1.88. The van der Waals surface area contributed by atoms with Crippen molar-refractivity contribution in [3.63, 3.8) is 0 Å². The third-order valence-electron chi connectivity index (χ3n) is 1.02. The molecule has 4 heteroatoms. The summed E-state index contributed by atoms with van der Waals surface area (Å²) in [5, 5.41) is 11.5. The van der Waals surface area contributed by atoms with E-state index in [0.29, 0.717) is 6.42 Å². The molecule has 3 nitrogen and oxygen atoms in total. The normalized spacial score (nSPS) is 34.1. The number of nitrogens with one attached hydrogen (secondary N) is 1. The number of hydrogen-bond acceptors (Lipinski definition) is 1. The molecule has 1 N–H and O–H groups in total. The zero-order valence-corrected chi connectivity index (χ0v) is 4.06. The summed E-state index contributed by atoms with van der Waals surface area (Å²) in [6.07, 6.45) is -2.07. The highest BCUT2D eigenvalue weighted by Crippen LogP contribution is 2.24. The van der Waals surface area contributed by atoms with Crippen LogP contribution in [0.5, 0.6) is 0 Å². The number of carbonyl (C=O) groups is 1. The van der Waals surface area contributed by atoms with Gasteiger partial charge in [-0.05, 0) is 0 Å². The van der Waals surface area contributed by atoms with Crippen molar-refractivity contribution in [1.29, 1.82) is 0 Å². The fraction of sp³-hybridized carbons (Fsp3) is 0.750. The van der Waals surface area contributed by atoms with Crippen LogP contribution in [0.2, 0.25) is 0 Å². The molecule has 1 rings (SSSR count). The van der Waals surface area contributed by atoms with Gasteiger partial charge in [0.1, 0.15) is 6.17 Å². The Morgan fingerprint density at radius 1 is 1.75 bits per heavy atom. The lowest BCUT2D eigenvalue weighted by Crippen LogP contribution is -2.23. The molecule has 1 amide bonds. The number of hydrogen-bond donors (Lipinski definition) is 1. The van der Waals surface area contributed by atoms with Crippen LogP contribution < -0.4 is 5.32 Å². The molecule has 0 heterocycles. The van der Waals surface area contributed by atoms with E-state index in [1.54, 1.807) is 0 Å². The van der Waals surface area contributed by atoms with Gasteiger partial charge in [0.2, 0.25) is 0 Å². The van der Waals surface area contributed by atoms with Crippen molar-refractivity contribution >= 4 is 6.09 Å². The molecule has 0 bridgehead atoms. The van der Waals surface area contributed by atoms with E-state index < -0.39 is 18.3 Å². The predicted molar refractivity (Wildman–Crippen MR) is 22.5 cm³/mol. The molecular formula is C4H5FNO2. The molecule has 0 aromatic heterocycles. The van der Waals surface area contributed by atoms with Gasteiger partial charge in [0.25, 0.3) is 0 Å². The Labute approximate surface area is 45.5 Å². The second-order valence-corrected chi connectivity index (χ2v) is 1.79. The van der Waals surface area contributed by atoms with Gasteiger partial charge in [-0.3, -0.25) is 0 Å². The largest absolute Gasteiger partial charge is 0.450 e. The van der Waals surface area contributed by atoms with E-state index in [2.05, 4.69) is 0 Å². The first-order valence-corrected chi connectivity index (χ1v) is 2.31. The average Bonchev–Trinajstić information content (AvgIpc) is 2.17. The van der Waals surface area contributed by atoms with Crippen LogP contribution in [0.15, 0.2) is 0 Å². The number of rotatable bonds is 1. The van der Waals surface area contributed by atoms with Gasteiger partial charge < -0.3 is 5.32 Å². The summed E-state index contributed by atoms with van der Waals surface area (Å²) in [6.45, 7) is 0. The van der Waals surface area contributed by atoms with E-state index in [1.165, 1.54) is 0 Å². The molecule has 0 saturated heterocycles. The van der Waals surface area contributed by atoms with Gasteiger partial charge in [-0.1, -0.05) is 0 Å². The summed E-state index contributed by atoms with van der Waals surface area (Å²) in [4.78, 5) is 9.61. The fourth-order valence-corrected chi connectivity index (χ4v) is 0.465. The molecule has 0 spiro atoms. The van der Waals surface area contributed by atoms with Crippen LogP contribution in [0.25, 0.3) is 0 Å². The van der Waals surface area contributed by atoms with Crippen molar-refractivity contribution in [2.24, 2.45) is 0 Å². The van der Waals surface area contributed by atoms with Gasteiger partial charge in [0.15, 0.2) is 0 Å². The number of amides is 1. The van der Waals surface area contributed by atoms with E-state index in [-0.39, 0.29) is 0 Å². The average molecular weight is 118 g/mol. The standard InChI is InChI=1S/C4H5FNO2/c5-2-1-3(2)6-4(7)8/h2-3,6H,1H2. The third-order valence-corrected chi connectivity index (χ3v) is 1.02. The van der Waals surface area contributed by atoms with E-state index in [4.69, 9.17) is 0 Å². The summed E-state index contributed by atoms with van der Waals surface area (Å²) in [5.74, 6) is 0. The van der Waals surface area contributed by atoms with Crippen molar-refractivity contribution in [3.05, 3.63) is 0 Å². The van der Waals surface area contributed by atoms with Gasteiger partial charge in [-0.2, -0.15) is 0 Å². The summed E-state index contributed by atoms with van der Waals surface area (Å²) in [5.41, 5.74) is 0. The molecule has 45 valence electrons. The van der Waals surface area contributed by atoms with Crippen molar-refractivity contribution in [1.82, 2.24) is 5.32 Å². The molecule has 1 fully saturated rings. The Morgan fingerprint density at radius 2 is 2.25 bits per heavy atom. The highest BCUT2D eigenvalue weighted by Gasteiger charge is 2.38. The SMILES string of the molecule is [O]C(=O)NC1CC1F. The Kier molecular flexibility index (Phi) is 1.08. The molecule has 8 heavy (non-hydrogen) atoms. The van der Waals surface area contributed by atoms with E-state index in [0.717, 1.165) is 0 Å². The number of halogens is 1. The first kappa shape index (κ1) is 5.34. The van der Waals surface area contributed by atoms with E-state index in [9.17, 15) is 14.3 Å². The van der Waals surface area contributed by atoms with Gasteiger partial charge in [0, 0.05) is 6.42 Å². The summed E-state index contributed by atoms with van der Waals surface area (Å²) in [6, 6.07) is -0.486. The first-order valence-electron chi connectivity index (χ1n) is 2.31. The molecule has 0 aromatic carbocycles. The van der Waals surface area contributed by atoms with Crippen LogP contribution in [-0.4, -0.2) is 18.3 Å². The van der Waals surface area contributed by atoms with Crippen LogP contribution in [0.4, 0.5) is 9.18 Å². The summed E-state index contributed by atoms with van der Waals surface area (Å²) >= 11 is 0. The zero-order valence-electron chi connectivity index (χ0n) is 4.06. The van der Waals surface area contributed by atoms with Crippen molar-refractivity contribution in [2.75, 3.05) is 0 Å². The highest BCUT2D eigenvalue weighted by atomic mass is 19.1. The Balaban J connectivity index is 2.14. The minimum absolute atomic E-state index is 0.300. The van der Waals surface area contributed by atoms with Crippen molar-refractivity contribution < 1.29 is 14.3 Å². The van der Waals surface area contributed by atoms with Crippen LogP contribution in [-0.2, 0) is 5.11 Å². The Morgan fingerprint density at radius 3 is 2.38 bits per heavy atom. The van der Waals surface area contributed by atoms with Crippen molar-refractivity contribution in [3.8, 4) is 0 Å². The lowest BCUT2D eigenvalue weighted by atomic mass is 10.7. The van der Waals surface area contributed by atoms with E-state index >= 15 is 0 Å². The monoisotopic (exact) mass is 118 g/mol. The molecule has 0 aromatic rings. The second-order valence-electron chi connectivity index (χ2n) is 1.79. The molecule has 2 unspecified atom stereocenters. The van der Waals surface area contributed by atoms with Crippen LogP contribution in [0.1, 0.15) is 6.42 Å². The van der Waals surface area contributed by atoms with Gasteiger partial charge >= 0.3 is 6.09 Å². The topological polar surface area (TPSA) is 49.0 Å². The third kappa shape index (κ3) is 1.08. The smallest absolute Gasteiger partial charge is 0.313 e. The van der Waals surface area contributed by atoms with Crippen LogP contribution >= 0.6 is 0 Å². The first-order chi connectivity index (χ1) is 3.70. The maximum Gasteiger partial charge on any atom is 0.450 e. The minimum Gasteiger partial charge on any atom is -0.313 e. The molecule has 1 aliphatic carbocycles. The number of alkyl halides is 1. The molecule has 1 radical (unpaired) electrons. The molecule has 0 aliphatic heterocycles. The van der Waals surface area contributed by atoms with Gasteiger partial charge in [0.05, 0.1) is 6.04 Å². The van der Waals surface area contributed by atoms with E-state index in [1.807, 2.05) is 5.32 Å². The predicted octanol–water partition coefficient (Wildman–Crippen LogP) is 0.237. The molecule has 1 aliphatic rings. The van der Waals surface area contributed by atoms with Gasteiger partial charge in [-0.25, -0.2) is 14.3 Å². The highest BCUT2D eigenvalue weighted by molar-refractivity contribution is 5.65. The van der Waals surface area contributed by atoms with Crippen LogP contribution in [0.3, 0.4) is 0 Å². The quantitative estimate of drug-likeness (QED) is 0.526. The molecule has 2 atom stereocenters. The second kappa shape index (κ2) is 1.61. The number of carbonyl (C=O) groups excluding carboxylic acids is 1.